The third-order valence-electron chi connectivity index (χ3n) is 6.87. The second-order valence-electron chi connectivity index (χ2n) is 10.1. The molecular formula is C30H36N2O6S. The van der Waals surface area contributed by atoms with Gasteiger partial charge in [0.2, 0.25) is 5.91 Å². The molecule has 0 aromatic heterocycles. The van der Waals surface area contributed by atoms with Gasteiger partial charge in [-0.05, 0) is 54.8 Å². The van der Waals surface area contributed by atoms with Crippen molar-refractivity contribution in [3.8, 4) is 0 Å². The van der Waals surface area contributed by atoms with Crippen LogP contribution in [0.5, 0.6) is 0 Å². The van der Waals surface area contributed by atoms with E-state index in [1.165, 1.54) is 19.1 Å². The zero-order valence-corrected chi connectivity index (χ0v) is 23.3. The van der Waals surface area contributed by atoms with Crippen LogP contribution in [0.2, 0.25) is 0 Å². The topological polar surface area (TPSA) is 115 Å². The molecule has 0 aliphatic carbocycles. The van der Waals surface area contributed by atoms with Crippen LogP contribution in [0.3, 0.4) is 0 Å². The number of carbonyl (C=O) groups is 2. The second kappa shape index (κ2) is 12.9. The molecule has 1 aliphatic rings. The number of carboxylic acids is 1. The van der Waals surface area contributed by atoms with E-state index in [-0.39, 0.29) is 23.3 Å². The number of fused-ring (bicyclic) bond motifs is 1. The van der Waals surface area contributed by atoms with Gasteiger partial charge in [0.15, 0.2) is 0 Å². The van der Waals surface area contributed by atoms with Crippen molar-refractivity contribution >= 4 is 33.4 Å². The average molecular weight is 553 g/mol. The first kappa shape index (κ1) is 29.9. The monoisotopic (exact) mass is 552 g/mol. The summed E-state index contributed by atoms with van der Waals surface area (Å²) in [5.74, 6) is -0.910. The molecule has 2 aromatic rings. The van der Waals surface area contributed by atoms with Crippen molar-refractivity contribution in [1.29, 1.82) is 0 Å². The van der Waals surface area contributed by atoms with E-state index in [9.17, 15) is 22.6 Å². The van der Waals surface area contributed by atoms with Gasteiger partial charge in [0.05, 0.1) is 10.9 Å². The summed E-state index contributed by atoms with van der Waals surface area (Å²) in [4.78, 5) is 26.5. The summed E-state index contributed by atoms with van der Waals surface area (Å²) in [6.45, 7) is 6.25. The van der Waals surface area contributed by atoms with E-state index in [0.29, 0.717) is 13.0 Å². The maximum atomic E-state index is 12.0. The molecular weight excluding hydrogens is 516 g/mol. The lowest BCUT2D eigenvalue weighted by molar-refractivity contribution is -0.137. The first-order valence-corrected chi connectivity index (χ1v) is 14.3. The Kier molecular flexibility index (Phi) is 9.88. The average Bonchev–Trinajstić information content (AvgIpc) is 3.08. The molecule has 0 saturated heterocycles. The number of carbonyl (C=O) groups excluding carboxylic acids is 1. The van der Waals surface area contributed by atoms with Gasteiger partial charge in [-0.1, -0.05) is 62.8 Å². The Morgan fingerprint density at radius 3 is 2.33 bits per heavy atom. The van der Waals surface area contributed by atoms with Crippen LogP contribution in [0.1, 0.15) is 52.0 Å². The summed E-state index contributed by atoms with van der Waals surface area (Å²) in [5, 5.41) is 8.91. The third-order valence-corrected chi connectivity index (χ3v) is 7.72. The van der Waals surface area contributed by atoms with E-state index in [1.807, 2.05) is 62.4 Å². The molecule has 0 saturated carbocycles. The van der Waals surface area contributed by atoms with Crippen LogP contribution in [-0.4, -0.2) is 42.5 Å². The minimum atomic E-state index is -4.34. The van der Waals surface area contributed by atoms with Crippen LogP contribution >= 0.6 is 0 Å². The number of carboxylic acid groups (broad SMARTS) is 1. The Morgan fingerprint density at radius 1 is 1.00 bits per heavy atom. The zero-order valence-electron chi connectivity index (χ0n) is 22.5. The second-order valence-corrected chi connectivity index (χ2v) is 11.5. The lowest BCUT2D eigenvalue weighted by Gasteiger charge is -2.32. The minimum absolute atomic E-state index is 0.102. The maximum Gasteiger partial charge on any atom is 0.303 e. The molecule has 208 valence electrons. The number of hydrogen-bond acceptors (Lipinski definition) is 5. The van der Waals surface area contributed by atoms with Gasteiger partial charge >= 0.3 is 5.97 Å². The molecule has 0 spiro atoms. The van der Waals surface area contributed by atoms with Crippen molar-refractivity contribution < 1.29 is 27.7 Å². The maximum absolute atomic E-state index is 12.0. The summed E-state index contributed by atoms with van der Waals surface area (Å²) in [7, 11) is -4.34. The largest absolute Gasteiger partial charge is 0.481 e. The van der Waals surface area contributed by atoms with E-state index in [1.54, 1.807) is 23.2 Å². The highest BCUT2D eigenvalue weighted by atomic mass is 32.2. The lowest BCUT2D eigenvalue weighted by Crippen LogP contribution is -2.40. The number of unbranched alkanes of at least 4 members (excludes halogenated alkanes) is 2. The molecule has 1 aliphatic heterocycles. The first-order chi connectivity index (χ1) is 18.4. The molecule has 1 atom stereocenters. The van der Waals surface area contributed by atoms with Gasteiger partial charge in [0.25, 0.3) is 10.1 Å². The molecule has 2 aromatic carbocycles. The molecule has 0 fully saturated rings. The number of amides is 1. The van der Waals surface area contributed by atoms with Crippen molar-refractivity contribution in [3.05, 3.63) is 90.7 Å². The molecule has 1 amide bonds. The zero-order chi connectivity index (χ0) is 28.6. The van der Waals surface area contributed by atoms with Crippen molar-refractivity contribution in [3.63, 3.8) is 0 Å². The standard InChI is InChI=1S/C30H36N2O6S/c1-23(33)31(24-14-8-6-9-15-24)20-12-5-4-10-16-28-30(2,3)26-22-25(39(36,37)38)18-19-27(26)32(28)21-13-7-11-17-29(34)35/h4-6,8-10,12,14-16,18-20,22,28H,7,11,13,17,21H2,1-3H3,(H,34,35)(H,36,37,38). The van der Waals surface area contributed by atoms with Gasteiger partial charge in [-0.25, -0.2) is 0 Å². The number of aliphatic carboxylic acids is 1. The fourth-order valence-electron chi connectivity index (χ4n) is 4.87. The number of nitrogens with zero attached hydrogens (tertiary/aromatic N) is 2. The quantitative estimate of drug-likeness (QED) is 0.196. The molecule has 3 rings (SSSR count). The van der Waals surface area contributed by atoms with Crippen LogP contribution in [0.15, 0.2) is 90.0 Å². The highest BCUT2D eigenvalue weighted by molar-refractivity contribution is 7.85. The number of allylic oxidation sites excluding steroid dienone is 4. The van der Waals surface area contributed by atoms with Gasteiger partial charge in [-0.15, -0.1) is 0 Å². The van der Waals surface area contributed by atoms with E-state index >= 15 is 0 Å². The Morgan fingerprint density at radius 2 is 1.69 bits per heavy atom. The van der Waals surface area contributed by atoms with E-state index < -0.39 is 21.5 Å². The molecule has 0 bridgehead atoms. The van der Waals surface area contributed by atoms with Crippen molar-refractivity contribution in [1.82, 2.24) is 0 Å². The van der Waals surface area contributed by atoms with Crippen LogP contribution in [0, 0.1) is 0 Å². The summed E-state index contributed by atoms with van der Waals surface area (Å²) in [6, 6.07) is 13.9. The molecule has 2 N–H and O–H groups in total. The normalized spacial score (nSPS) is 16.8. The Labute approximate surface area is 230 Å². The smallest absolute Gasteiger partial charge is 0.303 e. The van der Waals surface area contributed by atoms with E-state index in [4.69, 9.17) is 5.11 Å². The van der Waals surface area contributed by atoms with Gasteiger partial charge in [0.1, 0.15) is 0 Å². The van der Waals surface area contributed by atoms with Crippen molar-refractivity contribution in [2.24, 2.45) is 0 Å². The minimum Gasteiger partial charge on any atom is -0.481 e. The van der Waals surface area contributed by atoms with Crippen molar-refractivity contribution in [2.45, 2.75) is 62.8 Å². The molecule has 1 heterocycles. The Balaban J connectivity index is 1.80. The summed E-state index contributed by atoms with van der Waals surface area (Å²) >= 11 is 0. The summed E-state index contributed by atoms with van der Waals surface area (Å²) in [6.07, 6.45) is 13.4. The van der Waals surface area contributed by atoms with Gasteiger partial charge in [-0.2, -0.15) is 8.42 Å². The number of hydrogen-bond donors (Lipinski definition) is 2. The van der Waals surface area contributed by atoms with E-state index in [0.717, 1.165) is 29.8 Å². The lowest BCUT2D eigenvalue weighted by atomic mass is 9.80. The number of benzene rings is 2. The van der Waals surface area contributed by atoms with Crippen LogP contribution in [0.4, 0.5) is 11.4 Å². The van der Waals surface area contributed by atoms with Gasteiger partial charge < -0.3 is 10.0 Å². The SMILES string of the molecule is CC(=O)N(C=CC=CC=CC1N(CCCCCC(=O)O)c2ccc(S(=O)(=O)O)cc2C1(C)C)c1ccccc1. The van der Waals surface area contributed by atoms with Gasteiger partial charge in [-0.3, -0.25) is 19.0 Å². The number of anilines is 2. The molecule has 9 heteroatoms. The number of rotatable bonds is 12. The molecule has 1 unspecified atom stereocenters. The van der Waals surface area contributed by atoms with Gasteiger partial charge in [0, 0.05) is 42.9 Å². The third kappa shape index (κ3) is 7.68. The fraction of sp³-hybridized carbons (Fsp3) is 0.333. The predicted octanol–water partition coefficient (Wildman–Crippen LogP) is 5.72. The Bertz CT molecular complexity index is 1360. The molecule has 8 nitrogen and oxygen atoms in total. The highest BCUT2D eigenvalue weighted by Crippen LogP contribution is 2.46. The van der Waals surface area contributed by atoms with Crippen molar-refractivity contribution in [2.75, 3.05) is 16.3 Å². The van der Waals surface area contributed by atoms with E-state index in [2.05, 4.69) is 11.0 Å². The first-order valence-electron chi connectivity index (χ1n) is 12.9. The van der Waals surface area contributed by atoms with Crippen LogP contribution in [-0.2, 0) is 25.1 Å². The van der Waals surface area contributed by atoms with Crippen LogP contribution in [0.25, 0.3) is 0 Å². The fourth-order valence-corrected chi connectivity index (χ4v) is 5.38. The Hall–Kier alpha value is -3.69. The highest BCUT2D eigenvalue weighted by Gasteiger charge is 2.43. The predicted molar refractivity (Wildman–Crippen MR) is 154 cm³/mol. The summed E-state index contributed by atoms with van der Waals surface area (Å²) in [5.41, 5.74) is 2.03. The summed E-state index contributed by atoms with van der Waals surface area (Å²) < 4.78 is 33.2. The van der Waals surface area contributed by atoms with Crippen LogP contribution < -0.4 is 9.80 Å². The molecule has 39 heavy (non-hydrogen) atoms. The molecule has 0 radical (unpaired) electrons. The number of para-hydroxylation sites is 1.